The molecule has 1 heterocycles. The predicted octanol–water partition coefficient (Wildman–Crippen LogP) is 2.59. The molecule has 5 heteroatoms. The summed E-state index contributed by atoms with van der Waals surface area (Å²) in [5, 5.41) is 9.59. The highest BCUT2D eigenvalue weighted by Gasteiger charge is 2.14. The van der Waals surface area contributed by atoms with Gasteiger partial charge in [-0.3, -0.25) is 0 Å². The molecule has 0 bridgehead atoms. The van der Waals surface area contributed by atoms with Gasteiger partial charge in [0.05, 0.1) is 19.7 Å². The van der Waals surface area contributed by atoms with Crippen molar-refractivity contribution in [3.63, 3.8) is 0 Å². The maximum atomic E-state index is 10.6. The van der Waals surface area contributed by atoms with Crippen LogP contribution >= 0.6 is 0 Å². The van der Waals surface area contributed by atoms with Gasteiger partial charge in [-0.15, -0.1) is 0 Å². The third kappa shape index (κ3) is 2.27. The lowest BCUT2D eigenvalue weighted by Crippen LogP contribution is -1.88. The van der Waals surface area contributed by atoms with Crippen LogP contribution in [0.15, 0.2) is 18.2 Å². The molecule has 19 heavy (non-hydrogen) atoms. The first kappa shape index (κ1) is 13.0. The molecule has 0 aliphatic heterocycles. The molecule has 2 N–H and O–H groups in total. The van der Waals surface area contributed by atoms with Gasteiger partial charge >= 0.3 is 5.97 Å². The molecule has 0 amide bonds. The van der Waals surface area contributed by atoms with Crippen LogP contribution in [0.1, 0.15) is 11.3 Å². The third-order valence-electron chi connectivity index (χ3n) is 3.00. The number of hydrogen-bond donors (Lipinski definition) is 2. The minimum atomic E-state index is -0.989. The SMILES string of the molecule is COc1ccc(OC)c2c(C)c(/C=C/C(=O)O)[nH]c12. The fourth-order valence-corrected chi connectivity index (χ4v) is 2.09. The van der Waals surface area contributed by atoms with Crippen LogP contribution < -0.4 is 9.47 Å². The van der Waals surface area contributed by atoms with E-state index in [1.165, 1.54) is 6.08 Å². The van der Waals surface area contributed by atoms with Crippen molar-refractivity contribution in [3.8, 4) is 11.5 Å². The number of aliphatic carboxylic acids is 1. The van der Waals surface area contributed by atoms with Crippen molar-refractivity contribution in [3.05, 3.63) is 29.5 Å². The largest absolute Gasteiger partial charge is 0.496 e. The highest BCUT2D eigenvalue weighted by Crippen LogP contribution is 2.36. The number of carboxylic acid groups (broad SMARTS) is 1. The standard InChI is InChI=1S/C14H15NO4/c1-8-9(4-7-12(16)17)15-14-11(19-3)6-5-10(18-2)13(8)14/h4-7,15H,1-3H3,(H,16,17)/b7-4+. The van der Waals surface area contributed by atoms with E-state index in [1.54, 1.807) is 14.2 Å². The van der Waals surface area contributed by atoms with Gasteiger partial charge in [0, 0.05) is 17.2 Å². The Kier molecular flexibility index (Phi) is 3.46. The second kappa shape index (κ2) is 5.06. The van der Waals surface area contributed by atoms with Crippen molar-refractivity contribution in [1.29, 1.82) is 0 Å². The van der Waals surface area contributed by atoms with Crippen molar-refractivity contribution in [1.82, 2.24) is 4.98 Å². The second-order valence-corrected chi connectivity index (χ2v) is 4.06. The van der Waals surface area contributed by atoms with E-state index >= 15 is 0 Å². The van der Waals surface area contributed by atoms with E-state index in [1.807, 2.05) is 19.1 Å². The Morgan fingerprint density at radius 3 is 2.47 bits per heavy atom. The number of fused-ring (bicyclic) bond motifs is 1. The molecule has 0 fully saturated rings. The van der Waals surface area contributed by atoms with Gasteiger partial charge in [0.1, 0.15) is 11.5 Å². The van der Waals surface area contributed by atoms with E-state index in [4.69, 9.17) is 14.6 Å². The van der Waals surface area contributed by atoms with E-state index < -0.39 is 5.97 Å². The number of aryl methyl sites for hydroxylation is 1. The highest BCUT2D eigenvalue weighted by molar-refractivity contribution is 5.97. The first-order valence-electron chi connectivity index (χ1n) is 5.72. The summed E-state index contributed by atoms with van der Waals surface area (Å²) in [5.74, 6) is 0.422. The Morgan fingerprint density at radius 1 is 1.26 bits per heavy atom. The summed E-state index contributed by atoms with van der Waals surface area (Å²) in [7, 11) is 3.19. The Morgan fingerprint density at radius 2 is 1.89 bits per heavy atom. The number of carboxylic acids is 1. The maximum Gasteiger partial charge on any atom is 0.328 e. The number of hydrogen-bond acceptors (Lipinski definition) is 3. The third-order valence-corrected chi connectivity index (χ3v) is 3.00. The van der Waals surface area contributed by atoms with Gasteiger partial charge in [-0.1, -0.05) is 0 Å². The molecule has 1 aromatic carbocycles. The van der Waals surface area contributed by atoms with E-state index in [0.29, 0.717) is 5.75 Å². The lowest BCUT2D eigenvalue weighted by atomic mass is 10.1. The lowest BCUT2D eigenvalue weighted by Gasteiger charge is -2.06. The van der Waals surface area contributed by atoms with Gasteiger partial charge in [0.15, 0.2) is 0 Å². The van der Waals surface area contributed by atoms with Crippen LogP contribution in [-0.2, 0) is 4.79 Å². The lowest BCUT2D eigenvalue weighted by molar-refractivity contribution is -0.131. The van der Waals surface area contributed by atoms with Gasteiger partial charge < -0.3 is 19.6 Å². The van der Waals surface area contributed by atoms with Crippen molar-refractivity contribution in [2.75, 3.05) is 14.2 Å². The smallest absolute Gasteiger partial charge is 0.328 e. The molecule has 0 atom stereocenters. The fourth-order valence-electron chi connectivity index (χ4n) is 2.09. The topological polar surface area (TPSA) is 71.6 Å². The molecular formula is C14H15NO4. The predicted molar refractivity (Wildman–Crippen MR) is 72.8 cm³/mol. The number of aromatic amines is 1. The molecule has 100 valence electrons. The summed E-state index contributed by atoms with van der Waals surface area (Å²) in [5.41, 5.74) is 2.44. The van der Waals surface area contributed by atoms with Gasteiger partial charge in [0.2, 0.25) is 0 Å². The van der Waals surface area contributed by atoms with Crippen LogP contribution in [0.2, 0.25) is 0 Å². The van der Waals surface area contributed by atoms with Crippen LogP contribution in [-0.4, -0.2) is 30.3 Å². The summed E-state index contributed by atoms with van der Waals surface area (Å²) in [6.45, 7) is 1.91. The summed E-state index contributed by atoms with van der Waals surface area (Å²) < 4.78 is 10.6. The quantitative estimate of drug-likeness (QED) is 0.830. The molecule has 2 rings (SSSR count). The molecule has 0 aliphatic carbocycles. The summed E-state index contributed by atoms with van der Waals surface area (Å²) in [6.07, 6.45) is 2.62. The first-order valence-corrected chi connectivity index (χ1v) is 5.72. The molecule has 0 saturated heterocycles. The van der Waals surface area contributed by atoms with Crippen molar-refractivity contribution in [2.24, 2.45) is 0 Å². The Hall–Kier alpha value is -2.43. The van der Waals surface area contributed by atoms with Crippen LogP contribution in [0.3, 0.4) is 0 Å². The summed E-state index contributed by atoms with van der Waals surface area (Å²) >= 11 is 0. The van der Waals surface area contributed by atoms with E-state index in [2.05, 4.69) is 4.98 Å². The van der Waals surface area contributed by atoms with Crippen molar-refractivity contribution < 1.29 is 19.4 Å². The number of ether oxygens (including phenoxy) is 2. The molecule has 0 radical (unpaired) electrons. The van der Waals surface area contributed by atoms with Gasteiger partial charge in [0.25, 0.3) is 0 Å². The first-order chi connectivity index (χ1) is 9.08. The molecule has 5 nitrogen and oxygen atoms in total. The minimum Gasteiger partial charge on any atom is -0.496 e. The Bertz CT molecular complexity index is 655. The zero-order valence-corrected chi connectivity index (χ0v) is 11.0. The molecule has 0 saturated carbocycles. The zero-order chi connectivity index (χ0) is 14.0. The highest BCUT2D eigenvalue weighted by atomic mass is 16.5. The van der Waals surface area contributed by atoms with E-state index in [9.17, 15) is 4.79 Å². The number of carbonyl (C=O) groups is 1. The summed E-state index contributed by atoms with van der Waals surface area (Å²) in [6, 6.07) is 3.63. The average molecular weight is 261 g/mol. The number of aromatic nitrogens is 1. The van der Waals surface area contributed by atoms with Crippen LogP contribution in [0.25, 0.3) is 17.0 Å². The fraction of sp³-hybridized carbons (Fsp3) is 0.214. The van der Waals surface area contributed by atoms with Gasteiger partial charge in [-0.2, -0.15) is 0 Å². The number of methoxy groups -OCH3 is 2. The number of rotatable bonds is 4. The summed E-state index contributed by atoms with van der Waals surface area (Å²) in [4.78, 5) is 13.8. The normalized spacial score (nSPS) is 11.1. The molecule has 0 unspecified atom stereocenters. The Balaban J connectivity index is 2.70. The monoisotopic (exact) mass is 261 g/mol. The number of nitrogens with one attached hydrogen (secondary N) is 1. The molecule has 0 spiro atoms. The number of benzene rings is 1. The molecule has 2 aromatic rings. The van der Waals surface area contributed by atoms with Crippen molar-refractivity contribution >= 4 is 22.9 Å². The van der Waals surface area contributed by atoms with Crippen LogP contribution in [0.4, 0.5) is 0 Å². The van der Waals surface area contributed by atoms with Gasteiger partial charge in [-0.05, 0) is 30.7 Å². The van der Waals surface area contributed by atoms with Gasteiger partial charge in [-0.25, -0.2) is 4.79 Å². The van der Waals surface area contributed by atoms with E-state index in [0.717, 1.165) is 34.0 Å². The molecule has 0 aliphatic rings. The molecule has 1 aromatic heterocycles. The molecular weight excluding hydrogens is 246 g/mol. The van der Waals surface area contributed by atoms with Crippen LogP contribution in [0, 0.1) is 6.92 Å². The minimum absolute atomic E-state index is 0.689. The number of H-pyrrole nitrogens is 1. The average Bonchev–Trinajstić information content (AvgIpc) is 2.73. The van der Waals surface area contributed by atoms with E-state index in [-0.39, 0.29) is 0 Å². The zero-order valence-electron chi connectivity index (χ0n) is 11.0. The maximum absolute atomic E-state index is 10.6. The Labute approximate surface area is 110 Å². The second-order valence-electron chi connectivity index (χ2n) is 4.06. The van der Waals surface area contributed by atoms with Crippen LogP contribution in [0.5, 0.6) is 11.5 Å². The van der Waals surface area contributed by atoms with Crippen molar-refractivity contribution in [2.45, 2.75) is 6.92 Å².